The Hall–Kier alpha value is 0.711. The van der Waals surface area contributed by atoms with Crippen molar-refractivity contribution in [3.63, 3.8) is 0 Å². The summed E-state index contributed by atoms with van der Waals surface area (Å²) in [4.78, 5) is 19.9. The van der Waals surface area contributed by atoms with Gasteiger partial charge in [0.2, 0.25) is 0 Å². The van der Waals surface area contributed by atoms with Crippen molar-refractivity contribution in [2.24, 2.45) is 0 Å². The SMILES string of the molecule is CCCCC(=O)OC=O.[Ba+2].[H-].[H-]. The molecule has 0 aromatic carbocycles. The Morgan fingerprint density at radius 1 is 1.70 bits per heavy atom. The van der Waals surface area contributed by atoms with Crippen molar-refractivity contribution in [3.8, 4) is 0 Å². The zero-order valence-electron chi connectivity index (χ0n) is 8.13. The summed E-state index contributed by atoms with van der Waals surface area (Å²) in [6.45, 7) is 2.13. The van der Waals surface area contributed by atoms with Crippen molar-refractivity contribution in [1.29, 1.82) is 0 Å². The summed E-state index contributed by atoms with van der Waals surface area (Å²) in [6.07, 6.45) is 2.07. The van der Waals surface area contributed by atoms with E-state index in [4.69, 9.17) is 0 Å². The molecule has 0 aromatic heterocycles. The minimum Gasteiger partial charge on any atom is -1.00 e. The number of carbonyl (C=O) groups is 2. The van der Waals surface area contributed by atoms with Gasteiger partial charge in [-0.15, -0.1) is 0 Å². The van der Waals surface area contributed by atoms with Crippen molar-refractivity contribution in [1.82, 2.24) is 0 Å². The summed E-state index contributed by atoms with van der Waals surface area (Å²) in [7, 11) is 0. The molecule has 0 fully saturated rings. The first-order valence-electron chi connectivity index (χ1n) is 2.94. The Morgan fingerprint density at radius 2 is 2.30 bits per heavy atom. The van der Waals surface area contributed by atoms with Crippen LogP contribution in [0.3, 0.4) is 0 Å². The van der Waals surface area contributed by atoms with E-state index in [0.717, 1.165) is 12.8 Å². The number of hydrogen-bond donors (Lipinski definition) is 0. The largest absolute Gasteiger partial charge is 2.00 e. The molecule has 0 amide bonds. The molecule has 56 valence electrons. The Kier molecular flexibility index (Phi) is 12.9. The molecule has 0 saturated heterocycles. The van der Waals surface area contributed by atoms with Crippen LogP contribution < -0.4 is 0 Å². The van der Waals surface area contributed by atoms with E-state index >= 15 is 0 Å². The summed E-state index contributed by atoms with van der Waals surface area (Å²) in [5, 5.41) is 0. The Bertz CT molecular complexity index is 111. The summed E-state index contributed by atoms with van der Waals surface area (Å²) in [6, 6.07) is 0. The van der Waals surface area contributed by atoms with Gasteiger partial charge in [0, 0.05) is 6.42 Å². The van der Waals surface area contributed by atoms with Gasteiger partial charge in [-0.2, -0.15) is 0 Å². The van der Waals surface area contributed by atoms with E-state index in [1.165, 1.54) is 0 Å². The molecule has 3 nitrogen and oxygen atoms in total. The van der Waals surface area contributed by atoms with E-state index in [9.17, 15) is 9.59 Å². The zero-order chi connectivity index (χ0) is 7.11. The smallest absolute Gasteiger partial charge is 1.00 e. The minimum absolute atomic E-state index is 0. The van der Waals surface area contributed by atoms with Crippen molar-refractivity contribution >= 4 is 61.3 Å². The van der Waals surface area contributed by atoms with Crippen molar-refractivity contribution in [3.05, 3.63) is 0 Å². The molecule has 0 bridgehead atoms. The van der Waals surface area contributed by atoms with Gasteiger partial charge in [0.05, 0.1) is 0 Å². The predicted molar refractivity (Wildman–Crippen MR) is 39.7 cm³/mol. The summed E-state index contributed by atoms with van der Waals surface area (Å²) >= 11 is 0. The maximum Gasteiger partial charge on any atom is 2.00 e. The molecule has 0 aromatic rings. The summed E-state index contributed by atoms with van der Waals surface area (Å²) in [5.74, 6) is -0.438. The van der Waals surface area contributed by atoms with Gasteiger partial charge in [0.1, 0.15) is 0 Å². The van der Waals surface area contributed by atoms with Crippen LogP contribution in [0.4, 0.5) is 0 Å². The van der Waals surface area contributed by atoms with Gasteiger partial charge in [-0.25, -0.2) is 0 Å². The van der Waals surface area contributed by atoms with Crippen LogP contribution in [0.5, 0.6) is 0 Å². The second kappa shape index (κ2) is 9.71. The fourth-order valence-corrected chi connectivity index (χ4v) is 0.434. The summed E-state index contributed by atoms with van der Waals surface area (Å²) < 4.78 is 4.02. The van der Waals surface area contributed by atoms with Crippen LogP contribution >= 0.6 is 0 Å². The maximum absolute atomic E-state index is 10.3. The number of unbranched alkanes of at least 4 members (excludes halogenated alkanes) is 1. The van der Waals surface area contributed by atoms with Crippen molar-refractivity contribution in [2.75, 3.05) is 0 Å². The molecule has 0 aliphatic heterocycles. The first kappa shape index (κ1) is 13.3. The second-order valence-electron chi connectivity index (χ2n) is 1.69. The van der Waals surface area contributed by atoms with Gasteiger partial charge >= 0.3 is 61.3 Å². The number of hydrogen-bond acceptors (Lipinski definition) is 3. The number of rotatable bonds is 4. The molecular formula is C6H12BaO3. The first-order valence-corrected chi connectivity index (χ1v) is 2.94. The van der Waals surface area contributed by atoms with Crippen LogP contribution in [0.15, 0.2) is 0 Å². The molecule has 0 spiro atoms. The van der Waals surface area contributed by atoms with Crippen molar-refractivity contribution < 1.29 is 17.2 Å². The van der Waals surface area contributed by atoms with Gasteiger partial charge in [0.25, 0.3) is 0 Å². The van der Waals surface area contributed by atoms with Gasteiger partial charge < -0.3 is 7.59 Å². The average Bonchev–Trinajstić information content (AvgIpc) is 1.85. The normalized spacial score (nSPS) is 7.70. The van der Waals surface area contributed by atoms with Gasteiger partial charge in [-0.3, -0.25) is 9.59 Å². The minimum atomic E-state index is -0.438. The maximum atomic E-state index is 10.3. The fourth-order valence-electron chi connectivity index (χ4n) is 0.434. The molecule has 0 unspecified atom stereocenters. The van der Waals surface area contributed by atoms with Crippen LogP contribution in [-0.2, 0) is 14.3 Å². The number of ether oxygens (including phenoxy) is 1. The van der Waals surface area contributed by atoms with Crippen LogP contribution in [0, 0.1) is 0 Å². The predicted octanol–water partition coefficient (Wildman–Crippen LogP) is 0.720. The molecule has 0 N–H and O–H groups in total. The molecule has 0 aliphatic carbocycles. The van der Waals surface area contributed by atoms with Crippen molar-refractivity contribution in [2.45, 2.75) is 26.2 Å². The van der Waals surface area contributed by atoms with Gasteiger partial charge in [0.15, 0.2) is 0 Å². The van der Waals surface area contributed by atoms with Gasteiger partial charge in [-0.05, 0) is 6.42 Å². The van der Waals surface area contributed by atoms with E-state index in [-0.39, 0.29) is 58.2 Å². The van der Waals surface area contributed by atoms with E-state index in [2.05, 4.69) is 4.74 Å². The number of esters is 1. The molecular weight excluding hydrogens is 257 g/mol. The van der Waals surface area contributed by atoms with Crippen LogP contribution in [0.25, 0.3) is 0 Å². The molecule has 0 saturated carbocycles. The summed E-state index contributed by atoms with van der Waals surface area (Å²) in [5.41, 5.74) is 0. The van der Waals surface area contributed by atoms with Gasteiger partial charge in [-0.1, -0.05) is 13.3 Å². The van der Waals surface area contributed by atoms with Crippen LogP contribution in [0.2, 0.25) is 0 Å². The first-order chi connectivity index (χ1) is 4.31. The Morgan fingerprint density at radius 3 is 2.70 bits per heavy atom. The topological polar surface area (TPSA) is 43.4 Å². The van der Waals surface area contributed by atoms with E-state index in [0.29, 0.717) is 6.42 Å². The molecule has 0 heterocycles. The third-order valence-electron chi connectivity index (χ3n) is 0.914. The zero-order valence-corrected chi connectivity index (χ0v) is 10.6. The molecule has 0 rings (SSSR count). The number of carbonyl (C=O) groups excluding carboxylic acids is 2. The molecule has 0 radical (unpaired) electrons. The van der Waals surface area contributed by atoms with E-state index in [1.54, 1.807) is 0 Å². The van der Waals surface area contributed by atoms with E-state index in [1.807, 2.05) is 6.92 Å². The van der Waals surface area contributed by atoms with Crippen LogP contribution in [0.1, 0.15) is 29.0 Å². The Balaban J connectivity index is -0.000000107. The second-order valence-corrected chi connectivity index (χ2v) is 1.69. The quantitative estimate of drug-likeness (QED) is 0.327. The molecule has 4 heteroatoms. The Labute approximate surface area is 104 Å². The third kappa shape index (κ3) is 8.71. The molecule has 0 aliphatic rings. The molecule has 10 heavy (non-hydrogen) atoms. The van der Waals surface area contributed by atoms with E-state index < -0.39 is 5.97 Å². The monoisotopic (exact) mass is 270 g/mol. The fraction of sp³-hybridized carbons (Fsp3) is 0.667. The standard InChI is InChI=1S/C6H10O3.Ba.2H/c1-2-3-4-6(8)9-5-7;;;/h5H,2-4H2,1H3;;;/q;+2;2*-1. The molecule has 0 atom stereocenters. The average molecular weight is 269 g/mol. The third-order valence-corrected chi connectivity index (χ3v) is 0.914. The van der Waals surface area contributed by atoms with Crippen LogP contribution in [-0.4, -0.2) is 61.3 Å².